The highest BCUT2D eigenvalue weighted by molar-refractivity contribution is 6.04. The van der Waals surface area contributed by atoms with E-state index in [1.54, 1.807) is 12.1 Å². The molecular formula is C11H7F2N3O. The normalized spacial score (nSPS) is 10.0. The average molecular weight is 235 g/mol. The van der Waals surface area contributed by atoms with Crippen LogP contribution in [0, 0.1) is 11.9 Å². The number of nitrogens with zero attached hydrogens (tertiary/aromatic N) is 2. The highest BCUT2D eigenvalue weighted by Gasteiger charge is 2.10. The minimum atomic E-state index is -1.04. The number of aromatic nitrogens is 2. The van der Waals surface area contributed by atoms with Crippen LogP contribution in [-0.2, 0) is 0 Å². The zero-order chi connectivity index (χ0) is 12.3. The standard InChI is InChI=1S/C11H7F2N3O/c12-9-5-7(6-10(13)16-9)11(17)15-8-1-3-14-4-2-8/h1-6H,(H,14,15,17). The van der Waals surface area contributed by atoms with Gasteiger partial charge in [-0.3, -0.25) is 9.78 Å². The summed E-state index contributed by atoms with van der Waals surface area (Å²) in [5, 5.41) is 2.47. The number of rotatable bonds is 2. The lowest BCUT2D eigenvalue weighted by atomic mass is 10.2. The fraction of sp³-hybridized carbons (Fsp3) is 0. The van der Waals surface area contributed by atoms with Crippen molar-refractivity contribution in [2.75, 3.05) is 5.32 Å². The van der Waals surface area contributed by atoms with Gasteiger partial charge in [0.15, 0.2) is 0 Å². The van der Waals surface area contributed by atoms with Gasteiger partial charge in [0.2, 0.25) is 11.9 Å². The molecule has 0 aliphatic carbocycles. The quantitative estimate of drug-likeness (QED) is 0.810. The van der Waals surface area contributed by atoms with E-state index in [9.17, 15) is 13.6 Å². The van der Waals surface area contributed by atoms with Gasteiger partial charge in [0.05, 0.1) is 0 Å². The van der Waals surface area contributed by atoms with E-state index >= 15 is 0 Å². The van der Waals surface area contributed by atoms with Gasteiger partial charge in [0.1, 0.15) is 0 Å². The second-order valence-corrected chi connectivity index (χ2v) is 3.19. The lowest BCUT2D eigenvalue weighted by Crippen LogP contribution is -2.13. The van der Waals surface area contributed by atoms with Crippen LogP contribution in [0.15, 0.2) is 36.7 Å². The van der Waals surface area contributed by atoms with Gasteiger partial charge in [-0.05, 0) is 12.1 Å². The third-order valence-electron chi connectivity index (χ3n) is 1.96. The Morgan fingerprint density at radius 3 is 2.29 bits per heavy atom. The summed E-state index contributed by atoms with van der Waals surface area (Å²) in [6.45, 7) is 0. The van der Waals surface area contributed by atoms with Crippen LogP contribution in [0.1, 0.15) is 10.4 Å². The molecule has 17 heavy (non-hydrogen) atoms. The fourth-order valence-corrected chi connectivity index (χ4v) is 1.23. The molecule has 0 radical (unpaired) electrons. The molecule has 0 aromatic carbocycles. The van der Waals surface area contributed by atoms with E-state index in [-0.39, 0.29) is 5.56 Å². The Kier molecular flexibility index (Phi) is 3.04. The van der Waals surface area contributed by atoms with Crippen molar-refractivity contribution in [1.29, 1.82) is 0 Å². The molecular weight excluding hydrogens is 228 g/mol. The molecule has 86 valence electrons. The third-order valence-corrected chi connectivity index (χ3v) is 1.96. The maximum absolute atomic E-state index is 12.8. The molecule has 0 atom stereocenters. The molecule has 0 bridgehead atoms. The van der Waals surface area contributed by atoms with Crippen LogP contribution in [0.5, 0.6) is 0 Å². The first-order valence-corrected chi connectivity index (χ1v) is 4.69. The SMILES string of the molecule is O=C(Nc1ccncc1)c1cc(F)nc(F)c1. The minimum Gasteiger partial charge on any atom is -0.322 e. The largest absolute Gasteiger partial charge is 0.322 e. The highest BCUT2D eigenvalue weighted by Crippen LogP contribution is 2.09. The van der Waals surface area contributed by atoms with E-state index in [1.807, 2.05) is 0 Å². The molecule has 0 unspecified atom stereocenters. The molecule has 0 saturated carbocycles. The van der Waals surface area contributed by atoms with Gasteiger partial charge < -0.3 is 5.32 Å². The van der Waals surface area contributed by atoms with Crippen LogP contribution in [0.2, 0.25) is 0 Å². The van der Waals surface area contributed by atoms with E-state index in [4.69, 9.17) is 0 Å². The molecule has 6 heteroatoms. The lowest BCUT2D eigenvalue weighted by Gasteiger charge is -2.04. The molecule has 0 saturated heterocycles. The number of amides is 1. The average Bonchev–Trinajstić information content (AvgIpc) is 2.29. The molecule has 1 amide bonds. The Bertz CT molecular complexity index is 525. The minimum absolute atomic E-state index is 0.133. The van der Waals surface area contributed by atoms with Crippen molar-refractivity contribution in [3.63, 3.8) is 0 Å². The van der Waals surface area contributed by atoms with Gasteiger partial charge in [-0.25, -0.2) is 0 Å². The summed E-state index contributed by atoms with van der Waals surface area (Å²) in [6.07, 6.45) is 2.98. The first-order chi connectivity index (χ1) is 8.15. The fourth-order valence-electron chi connectivity index (χ4n) is 1.23. The Hall–Kier alpha value is -2.37. The smallest absolute Gasteiger partial charge is 0.255 e. The second kappa shape index (κ2) is 4.65. The van der Waals surface area contributed by atoms with E-state index in [2.05, 4.69) is 15.3 Å². The number of carbonyl (C=O) groups excluding carboxylic acids is 1. The van der Waals surface area contributed by atoms with Crippen molar-refractivity contribution in [2.45, 2.75) is 0 Å². The summed E-state index contributed by atoms with van der Waals surface area (Å²) in [6, 6.07) is 4.84. The van der Waals surface area contributed by atoms with Crippen molar-refractivity contribution >= 4 is 11.6 Å². The van der Waals surface area contributed by atoms with Crippen molar-refractivity contribution in [3.8, 4) is 0 Å². The monoisotopic (exact) mass is 235 g/mol. The van der Waals surface area contributed by atoms with Gasteiger partial charge >= 0.3 is 0 Å². The van der Waals surface area contributed by atoms with Crippen molar-refractivity contribution in [1.82, 2.24) is 9.97 Å². The molecule has 4 nitrogen and oxygen atoms in total. The third kappa shape index (κ3) is 2.81. The zero-order valence-electron chi connectivity index (χ0n) is 8.52. The molecule has 2 aromatic heterocycles. The molecule has 2 rings (SSSR count). The predicted octanol–water partition coefficient (Wildman–Crippen LogP) is 2.01. The summed E-state index contributed by atoms with van der Waals surface area (Å²) in [5.74, 6) is -2.69. The van der Waals surface area contributed by atoms with E-state index in [0.29, 0.717) is 5.69 Å². The Morgan fingerprint density at radius 1 is 1.12 bits per heavy atom. The molecule has 0 spiro atoms. The van der Waals surface area contributed by atoms with Gasteiger partial charge in [0.25, 0.3) is 5.91 Å². The van der Waals surface area contributed by atoms with Crippen molar-refractivity contribution < 1.29 is 13.6 Å². The van der Waals surface area contributed by atoms with E-state index in [1.165, 1.54) is 12.4 Å². The first-order valence-electron chi connectivity index (χ1n) is 4.69. The van der Waals surface area contributed by atoms with E-state index < -0.39 is 17.8 Å². The number of nitrogens with one attached hydrogen (secondary N) is 1. The van der Waals surface area contributed by atoms with Crippen molar-refractivity contribution in [3.05, 3.63) is 54.1 Å². The predicted molar refractivity (Wildman–Crippen MR) is 56.3 cm³/mol. The summed E-state index contributed by atoms with van der Waals surface area (Å²) >= 11 is 0. The molecule has 0 aliphatic heterocycles. The summed E-state index contributed by atoms with van der Waals surface area (Å²) in [7, 11) is 0. The van der Waals surface area contributed by atoms with Crippen LogP contribution in [0.3, 0.4) is 0 Å². The number of carbonyl (C=O) groups is 1. The number of pyridine rings is 2. The number of hydrogen-bond donors (Lipinski definition) is 1. The molecule has 2 heterocycles. The number of anilines is 1. The summed E-state index contributed by atoms with van der Waals surface area (Å²) < 4.78 is 25.6. The lowest BCUT2D eigenvalue weighted by molar-refractivity contribution is 0.102. The first kappa shape index (κ1) is 11.1. The van der Waals surface area contributed by atoms with Gasteiger partial charge in [-0.15, -0.1) is 0 Å². The summed E-state index contributed by atoms with van der Waals surface area (Å²) in [5.41, 5.74) is 0.356. The van der Waals surface area contributed by atoms with Gasteiger partial charge in [-0.2, -0.15) is 13.8 Å². The van der Waals surface area contributed by atoms with Crippen LogP contribution in [0.25, 0.3) is 0 Å². The van der Waals surface area contributed by atoms with Crippen LogP contribution < -0.4 is 5.32 Å². The zero-order valence-corrected chi connectivity index (χ0v) is 8.52. The number of halogens is 2. The molecule has 2 aromatic rings. The van der Waals surface area contributed by atoms with Crippen LogP contribution in [-0.4, -0.2) is 15.9 Å². The maximum Gasteiger partial charge on any atom is 0.255 e. The molecule has 0 fully saturated rings. The molecule has 1 N–H and O–H groups in total. The molecule has 0 aliphatic rings. The van der Waals surface area contributed by atoms with Gasteiger partial charge in [0, 0.05) is 35.8 Å². The Labute approximate surface area is 95.3 Å². The Morgan fingerprint density at radius 2 is 1.71 bits per heavy atom. The maximum atomic E-state index is 12.8. The van der Waals surface area contributed by atoms with Gasteiger partial charge in [-0.1, -0.05) is 0 Å². The highest BCUT2D eigenvalue weighted by atomic mass is 19.1. The van der Waals surface area contributed by atoms with Crippen molar-refractivity contribution in [2.24, 2.45) is 0 Å². The van der Waals surface area contributed by atoms with E-state index in [0.717, 1.165) is 12.1 Å². The number of hydrogen-bond acceptors (Lipinski definition) is 3. The second-order valence-electron chi connectivity index (χ2n) is 3.19. The van der Waals surface area contributed by atoms with Crippen LogP contribution >= 0.6 is 0 Å². The Balaban J connectivity index is 2.20. The summed E-state index contributed by atoms with van der Waals surface area (Å²) in [4.78, 5) is 18.3. The topological polar surface area (TPSA) is 54.9 Å². The van der Waals surface area contributed by atoms with Crippen LogP contribution in [0.4, 0.5) is 14.5 Å².